The van der Waals surface area contributed by atoms with Gasteiger partial charge in [0.15, 0.2) is 15.8 Å². The summed E-state index contributed by atoms with van der Waals surface area (Å²) < 4.78 is 57.2. The minimum absolute atomic E-state index is 0.0386. The number of imidazole rings is 1. The molecular formula is C22H27F2N7O3S2. The first-order chi connectivity index (χ1) is 17.0. The van der Waals surface area contributed by atoms with E-state index in [2.05, 4.69) is 19.9 Å². The summed E-state index contributed by atoms with van der Waals surface area (Å²) in [5.74, 6) is 0.212. The van der Waals surface area contributed by atoms with E-state index in [-0.39, 0.29) is 27.6 Å². The third kappa shape index (κ3) is 4.68. The molecule has 0 radical (unpaired) electrons. The number of aromatic nitrogens is 4. The average molecular weight is 540 g/mol. The van der Waals surface area contributed by atoms with E-state index in [9.17, 15) is 22.0 Å². The molecule has 0 unspecified atom stereocenters. The number of piperazine rings is 1. The molecule has 0 aromatic carbocycles. The third-order valence-corrected chi connectivity index (χ3v) is 9.06. The van der Waals surface area contributed by atoms with Gasteiger partial charge < -0.3 is 9.80 Å². The van der Waals surface area contributed by atoms with E-state index in [0.717, 1.165) is 12.8 Å². The Labute approximate surface area is 211 Å². The van der Waals surface area contributed by atoms with E-state index in [1.165, 1.54) is 6.20 Å². The Hall–Kier alpha value is -2.71. The van der Waals surface area contributed by atoms with Gasteiger partial charge in [0.2, 0.25) is 15.9 Å². The van der Waals surface area contributed by atoms with Crippen LogP contribution >= 0.6 is 11.3 Å². The van der Waals surface area contributed by atoms with Crippen LogP contribution in [0.15, 0.2) is 23.4 Å². The number of halogens is 2. The molecule has 3 aromatic rings. The van der Waals surface area contributed by atoms with Gasteiger partial charge in [0, 0.05) is 43.8 Å². The second-order valence-corrected chi connectivity index (χ2v) is 12.5. The predicted molar refractivity (Wildman–Crippen MR) is 131 cm³/mol. The van der Waals surface area contributed by atoms with Crippen LogP contribution in [-0.2, 0) is 14.8 Å². The molecule has 4 heterocycles. The van der Waals surface area contributed by atoms with Gasteiger partial charge in [0.1, 0.15) is 4.90 Å². The number of hydrogen-bond donors (Lipinski definition) is 1. The van der Waals surface area contributed by atoms with Gasteiger partial charge in [-0.05, 0) is 25.8 Å². The van der Waals surface area contributed by atoms with Crippen molar-refractivity contribution in [3.8, 4) is 10.8 Å². The van der Waals surface area contributed by atoms with Gasteiger partial charge in [-0.25, -0.2) is 26.9 Å². The molecule has 1 aliphatic heterocycles. The Bertz CT molecular complexity index is 1410. The molecule has 2 aliphatic rings. The number of carbonyl (C=O) groups is 1. The average Bonchev–Trinajstić information content (AvgIpc) is 3.22. The second kappa shape index (κ2) is 8.99. The number of anilines is 1. The largest absolute Gasteiger partial charge is 0.366 e. The van der Waals surface area contributed by atoms with Crippen molar-refractivity contribution in [2.24, 2.45) is 5.92 Å². The lowest BCUT2D eigenvalue weighted by molar-refractivity contribution is -0.134. The molecule has 1 N–H and O–H groups in total. The van der Waals surface area contributed by atoms with E-state index in [1.54, 1.807) is 16.7 Å². The molecule has 5 rings (SSSR count). The number of rotatable bonds is 7. The zero-order valence-electron chi connectivity index (χ0n) is 20.1. The van der Waals surface area contributed by atoms with Crippen LogP contribution < -0.4 is 9.62 Å². The summed E-state index contributed by atoms with van der Waals surface area (Å²) in [6.07, 6.45) is 1.76. The molecule has 14 heteroatoms. The molecule has 1 saturated heterocycles. The minimum Gasteiger partial charge on any atom is -0.366 e. The molecular weight excluding hydrogens is 512 g/mol. The fraction of sp³-hybridized carbons (Fsp3) is 0.545. The maximum atomic E-state index is 13.3. The SMILES string of the molecule is CC(C)C(=O)N1CCN(c2cc(S(=O)(=O)NC3(C)CC3)cn3c(-c4nnc(C(F)F)s4)ncc23)CC1. The van der Waals surface area contributed by atoms with E-state index in [0.29, 0.717) is 48.7 Å². The zero-order valence-corrected chi connectivity index (χ0v) is 21.7. The molecule has 3 aromatic heterocycles. The highest BCUT2D eigenvalue weighted by atomic mass is 32.2. The fourth-order valence-corrected chi connectivity index (χ4v) is 6.41. The Morgan fingerprint density at radius 2 is 1.86 bits per heavy atom. The standard InChI is InChI=1S/C22H27F2N7O3S2/c1-13(2)21(32)30-8-6-29(7-9-30)15-10-14(36(33,34)28-22(3)4-5-22)12-31-16(15)11-25-18(31)20-27-26-19(35-20)17(23)24/h10-13,17,28H,4-9H2,1-3H3. The maximum absolute atomic E-state index is 13.3. The van der Waals surface area contributed by atoms with Crippen LogP contribution in [0.2, 0.25) is 0 Å². The van der Waals surface area contributed by atoms with Crippen molar-refractivity contribution >= 4 is 38.5 Å². The molecule has 0 spiro atoms. The van der Waals surface area contributed by atoms with Crippen molar-refractivity contribution in [2.75, 3.05) is 31.1 Å². The molecule has 1 aliphatic carbocycles. The zero-order chi connectivity index (χ0) is 25.8. The minimum atomic E-state index is -3.87. The number of fused-ring (bicyclic) bond motifs is 1. The summed E-state index contributed by atoms with van der Waals surface area (Å²) in [7, 11) is -3.87. The second-order valence-electron chi connectivity index (χ2n) is 9.78. The van der Waals surface area contributed by atoms with Crippen LogP contribution in [-0.4, -0.2) is 70.5 Å². The fourth-order valence-electron chi connectivity index (χ4n) is 4.23. The number of carbonyl (C=O) groups excluding carboxylic acids is 1. The Balaban J connectivity index is 1.57. The molecule has 10 nitrogen and oxygen atoms in total. The highest BCUT2D eigenvalue weighted by Gasteiger charge is 2.41. The summed E-state index contributed by atoms with van der Waals surface area (Å²) in [6, 6.07) is 1.61. The lowest BCUT2D eigenvalue weighted by Crippen LogP contribution is -2.50. The van der Waals surface area contributed by atoms with Crippen LogP contribution in [0.5, 0.6) is 0 Å². The van der Waals surface area contributed by atoms with Crippen LogP contribution in [0, 0.1) is 5.92 Å². The first-order valence-corrected chi connectivity index (χ1v) is 14.0. The third-order valence-electron chi connectivity index (χ3n) is 6.53. The molecule has 0 atom stereocenters. The topological polar surface area (TPSA) is 113 Å². The maximum Gasteiger partial charge on any atom is 0.291 e. The summed E-state index contributed by atoms with van der Waals surface area (Å²) in [4.78, 5) is 20.7. The highest BCUT2D eigenvalue weighted by molar-refractivity contribution is 7.89. The van der Waals surface area contributed by atoms with E-state index in [4.69, 9.17) is 0 Å². The number of nitrogens with one attached hydrogen (secondary N) is 1. The van der Waals surface area contributed by atoms with Gasteiger partial charge in [-0.2, -0.15) is 0 Å². The van der Waals surface area contributed by atoms with Crippen molar-refractivity contribution in [2.45, 2.75) is 50.5 Å². The van der Waals surface area contributed by atoms with Crippen molar-refractivity contribution in [3.05, 3.63) is 23.5 Å². The van der Waals surface area contributed by atoms with Gasteiger partial charge >= 0.3 is 0 Å². The number of amides is 1. The first-order valence-electron chi connectivity index (χ1n) is 11.7. The van der Waals surface area contributed by atoms with E-state index >= 15 is 0 Å². The lowest BCUT2D eigenvalue weighted by atomic mass is 10.1. The Morgan fingerprint density at radius 3 is 2.44 bits per heavy atom. The number of hydrogen-bond acceptors (Lipinski definition) is 8. The number of pyridine rings is 1. The molecule has 1 saturated carbocycles. The summed E-state index contributed by atoms with van der Waals surface area (Å²) >= 11 is 0.716. The monoisotopic (exact) mass is 539 g/mol. The number of nitrogens with zero attached hydrogens (tertiary/aromatic N) is 6. The van der Waals surface area contributed by atoms with E-state index < -0.39 is 27.0 Å². The summed E-state index contributed by atoms with van der Waals surface area (Å²) in [6.45, 7) is 7.61. The molecule has 0 bridgehead atoms. The summed E-state index contributed by atoms with van der Waals surface area (Å²) in [5, 5.41) is 7.14. The van der Waals surface area contributed by atoms with Crippen LogP contribution in [0.3, 0.4) is 0 Å². The van der Waals surface area contributed by atoms with Crippen LogP contribution in [0.4, 0.5) is 14.5 Å². The van der Waals surface area contributed by atoms with Gasteiger partial charge in [-0.1, -0.05) is 25.2 Å². The van der Waals surface area contributed by atoms with Gasteiger partial charge in [0.25, 0.3) is 6.43 Å². The number of sulfonamides is 1. The molecule has 2 fully saturated rings. The van der Waals surface area contributed by atoms with Crippen LogP contribution in [0.25, 0.3) is 16.3 Å². The molecule has 194 valence electrons. The van der Waals surface area contributed by atoms with Gasteiger partial charge in [-0.3, -0.25) is 9.20 Å². The van der Waals surface area contributed by atoms with Gasteiger partial charge in [-0.15, -0.1) is 10.2 Å². The van der Waals surface area contributed by atoms with Crippen molar-refractivity contribution in [3.63, 3.8) is 0 Å². The number of alkyl halides is 2. The van der Waals surface area contributed by atoms with Crippen molar-refractivity contribution < 1.29 is 22.0 Å². The summed E-state index contributed by atoms with van der Waals surface area (Å²) in [5.41, 5.74) is 0.770. The molecule has 36 heavy (non-hydrogen) atoms. The Kier molecular flexibility index (Phi) is 6.24. The smallest absolute Gasteiger partial charge is 0.291 e. The van der Waals surface area contributed by atoms with Gasteiger partial charge in [0.05, 0.1) is 17.4 Å². The lowest BCUT2D eigenvalue weighted by Gasteiger charge is -2.37. The van der Waals surface area contributed by atoms with Crippen LogP contribution in [0.1, 0.15) is 45.0 Å². The van der Waals surface area contributed by atoms with E-state index in [1.807, 2.05) is 30.6 Å². The normalized spacial score (nSPS) is 18.0. The quantitative estimate of drug-likeness (QED) is 0.491. The molecule has 1 amide bonds. The Morgan fingerprint density at radius 1 is 1.17 bits per heavy atom. The first kappa shape index (κ1) is 25.0. The van der Waals surface area contributed by atoms with Crippen molar-refractivity contribution in [1.82, 2.24) is 29.2 Å². The predicted octanol–water partition coefficient (Wildman–Crippen LogP) is 2.93. The van der Waals surface area contributed by atoms with Crippen molar-refractivity contribution in [1.29, 1.82) is 0 Å². The highest BCUT2D eigenvalue weighted by Crippen LogP contribution is 2.37.